The average Bonchev–Trinajstić information content (AvgIpc) is 3.78. The van der Waals surface area contributed by atoms with Gasteiger partial charge in [-0.3, -0.25) is 0 Å². The number of rotatable bonds is 7. The van der Waals surface area contributed by atoms with Gasteiger partial charge in [-0.1, -0.05) is 141 Å². The molecule has 2 bridgehead atoms. The molecular weight excluding hydrogens is 845 g/mol. The number of hydrogen-bond acceptors (Lipinski definition) is 1. The van der Waals surface area contributed by atoms with Gasteiger partial charge in [0.05, 0.1) is 13.7 Å². The van der Waals surface area contributed by atoms with E-state index in [4.69, 9.17) is 24.7 Å². The van der Waals surface area contributed by atoms with Gasteiger partial charge in [0.2, 0.25) is 0 Å². The summed E-state index contributed by atoms with van der Waals surface area (Å²) in [6.07, 6.45) is 3.71. The van der Waals surface area contributed by atoms with E-state index in [0.29, 0.717) is 23.2 Å². The number of nitrogens with zero attached hydrogens (tertiary/aromatic N) is 2. The summed E-state index contributed by atoms with van der Waals surface area (Å²) < 4.78 is 167. The van der Waals surface area contributed by atoms with Crippen LogP contribution in [0.15, 0.2) is 133 Å². The number of aromatic nitrogens is 1. The van der Waals surface area contributed by atoms with Crippen molar-refractivity contribution < 1.29 is 47.5 Å². The number of aryl methyl sites for hydroxylation is 2. The second-order valence-corrected chi connectivity index (χ2v) is 13.7. The van der Waals surface area contributed by atoms with Gasteiger partial charge < -0.3 is 10.4 Å². The van der Waals surface area contributed by atoms with Crippen molar-refractivity contribution in [3.8, 4) is 33.5 Å². The molecule has 1 unspecified atom stereocenters. The Labute approximate surface area is 369 Å². The van der Waals surface area contributed by atoms with Crippen molar-refractivity contribution in [2.45, 2.75) is 65.0 Å². The fraction of sp³-hybridized carbons (Fsp3) is 0.231. The van der Waals surface area contributed by atoms with Gasteiger partial charge in [-0.25, -0.2) is 0 Å². The maximum Gasteiger partial charge on any atom is 3.00 e. The minimum Gasteiger partial charge on any atom is -0.811 e. The van der Waals surface area contributed by atoms with E-state index < -0.39 is 91.3 Å². The molecule has 0 saturated heterocycles. The molecule has 0 radical (unpaired) electrons. The topological polar surface area (TPSA) is 35.2 Å². The number of allylic oxidation sites excluding steroid dienone is 4. The van der Waals surface area contributed by atoms with E-state index >= 15 is 0 Å². The average molecular weight is 912 g/mol. The predicted octanol–water partition coefficient (Wildman–Crippen LogP) is 13.3. The van der Waals surface area contributed by atoms with E-state index in [2.05, 4.69) is 17.1 Å². The Morgan fingerprint density at radius 2 is 1.75 bits per heavy atom. The summed E-state index contributed by atoms with van der Waals surface area (Å²) in [4.78, 5) is 4.21. The van der Waals surface area contributed by atoms with Crippen LogP contribution in [-0.2, 0) is 26.5 Å². The summed E-state index contributed by atoms with van der Waals surface area (Å²) in [6.45, 7) is -3.07. The van der Waals surface area contributed by atoms with Crippen LogP contribution in [0.5, 0.6) is 0 Å². The second kappa shape index (κ2) is 17.2. The molecule has 10 rings (SSSR count). The summed E-state index contributed by atoms with van der Waals surface area (Å²) in [5.41, 5.74) is 2.41. The molecule has 4 aliphatic carbocycles. The van der Waals surface area contributed by atoms with Crippen LogP contribution in [0.4, 0.5) is 0 Å². The van der Waals surface area contributed by atoms with E-state index in [0.717, 1.165) is 31.2 Å². The van der Waals surface area contributed by atoms with Gasteiger partial charge in [0, 0.05) is 18.5 Å². The zero-order valence-corrected chi connectivity index (χ0v) is 32.3. The monoisotopic (exact) mass is 912 g/mol. The first kappa shape index (κ1) is 20.8. The Balaban J connectivity index is 0.000000257. The van der Waals surface area contributed by atoms with Gasteiger partial charge in [0.15, 0.2) is 0 Å². The van der Waals surface area contributed by atoms with E-state index in [-0.39, 0.29) is 107 Å². The van der Waals surface area contributed by atoms with Crippen LogP contribution in [0.3, 0.4) is 0 Å². The van der Waals surface area contributed by atoms with Crippen molar-refractivity contribution >= 4 is 17.3 Å². The van der Waals surface area contributed by atoms with Crippen LogP contribution in [0.2, 0.25) is 0 Å². The molecule has 1 aromatic heterocycles. The van der Waals surface area contributed by atoms with E-state index in [9.17, 15) is 8.15 Å². The third-order valence-corrected chi connectivity index (χ3v) is 10.3. The third kappa shape index (κ3) is 8.35. The quantitative estimate of drug-likeness (QED) is 0.0891. The Bertz CT molecular complexity index is 3310. The van der Waals surface area contributed by atoms with Crippen molar-refractivity contribution in [3.63, 3.8) is 0 Å². The fourth-order valence-corrected chi connectivity index (χ4v) is 7.61. The van der Waals surface area contributed by atoms with Crippen LogP contribution in [0, 0.1) is 37.7 Å². The van der Waals surface area contributed by atoms with Gasteiger partial charge in [-0.2, -0.15) is 6.19 Å². The Kier molecular flexibility index (Phi) is 6.53. The van der Waals surface area contributed by atoms with Gasteiger partial charge in [-0.05, 0) is 96.3 Å². The SMILES string of the molecule is [2H]C(=[N-])/C([2H])=C(\C([2H])=C(/C)c1[c-]c([2H])c([2H])c2c1Cc1c([2H])c([2H])c([2H])c([2H])c1-2)c1c([2H])c([2H])c(C2([2H])CC3CCC2CC3)c([2H])c1[2H].[2H]C([2H])([2H])c1ccc(-c2[c-]cc(C([2H])([2H])[2H])c(-c3ccccc3)c2)nc1.[Ir+3]. The molecule has 3 saturated carbocycles. The van der Waals surface area contributed by atoms with Crippen molar-refractivity contribution in [1.29, 1.82) is 0 Å². The Hall–Kier alpha value is -4.95. The van der Waals surface area contributed by atoms with Crippen LogP contribution < -0.4 is 0 Å². The predicted molar refractivity (Wildman–Crippen MR) is 227 cm³/mol. The molecule has 0 spiro atoms. The molecule has 274 valence electrons. The van der Waals surface area contributed by atoms with Gasteiger partial charge in [-0.15, -0.1) is 64.2 Å². The molecule has 1 heterocycles. The molecule has 5 aromatic carbocycles. The summed E-state index contributed by atoms with van der Waals surface area (Å²) >= 11 is 0. The molecule has 2 nitrogen and oxygen atoms in total. The minimum atomic E-state index is -2.27. The van der Waals surface area contributed by atoms with Crippen molar-refractivity contribution in [1.82, 2.24) is 4.98 Å². The fourth-order valence-electron chi connectivity index (χ4n) is 7.61. The molecule has 0 N–H and O–H groups in total. The molecule has 4 aliphatic rings. The summed E-state index contributed by atoms with van der Waals surface area (Å²) in [5.74, 6) is -1.25. The van der Waals surface area contributed by atoms with Gasteiger partial charge >= 0.3 is 20.1 Å². The largest absolute Gasteiger partial charge is 3.00 e. The first-order valence-corrected chi connectivity index (χ1v) is 17.9. The number of fused-ring (bicyclic) bond motifs is 6. The van der Waals surface area contributed by atoms with Gasteiger partial charge in [0.25, 0.3) is 0 Å². The standard InChI is InChI=1S/C33H31N.C19H16N.Ir/c1-22(29-7-4-8-31-30-6-3-2-5-28(30)21-33(29)31)19-27(17-18-34)24-13-15-26(16-14-24)32-20-23-9-11-25(32)12-10-23;1-14-8-11-19(20-13-14)17-10-9-15(2)18(12-17)16-6-4-3-5-7-16;/h2-6,8,13-19,23,25,32H,9-12,20-21H2,1H3;3-9,11-13H,1-2H3;/q-2;-1;+3/b22-19+,27-17+;;/i2D,3D,4D,5D,6D,8D,13D,14D,15D,16D,17D,18D,19D,32D;1D3,2D3;. The van der Waals surface area contributed by atoms with Crippen molar-refractivity contribution in [2.24, 2.45) is 11.8 Å². The minimum absolute atomic E-state index is 0. The second-order valence-electron chi connectivity index (χ2n) is 13.7. The van der Waals surface area contributed by atoms with Crippen LogP contribution >= 0.6 is 0 Å². The zero-order valence-electron chi connectivity index (χ0n) is 49.9. The van der Waals surface area contributed by atoms with Gasteiger partial charge in [0.1, 0.15) is 0 Å². The number of benzene rings is 5. The Morgan fingerprint density at radius 3 is 2.45 bits per heavy atom. The first-order valence-electron chi connectivity index (χ1n) is 27.9. The summed E-state index contributed by atoms with van der Waals surface area (Å²) in [5, 5.41) is 10.2. The van der Waals surface area contributed by atoms with Crippen LogP contribution in [0.25, 0.3) is 50.1 Å². The summed E-state index contributed by atoms with van der Waals surface area (Å²) in [6, 6.07) is 15.1. The van der Waals surface area contributed by atoms with Crippen LogP contribution in [-0.4, -0.2) is 11.2 Å². The van der Waals surface area contributed by atoms with E-state index in [1.165, 1.54) is 25.3 Å². The Morgan fingerprint density at radius 1 is 0.927 bits per heavy atom. The molecule has 0 amide bonds. The molecule has 0 aliphatic heterocycles. The van der Waals surface area contributed by atoms with Crippen molar-refractivity contribution in [2.75, 3.05) is 0 Å². The molecule has 6 aromatic rings. The first-order chi connectivity index (χ1) is 34.6. The smallest absolute Gasteiger partial charge is 0.811 e. The molecule has 3 fully saturated rings. The summed E-state index contributed by atoms with van der Waals surface area (Å²) in [7, 11) is 0. The molecule has 1 atom stereocenters. The number of hydrogen-bond donors (Lipinski definition) is 0. The van der Waals surface area contributed by atoms with E-state index in [1.54, 1.807) is 12.1 Å². The van der Waals surface area contributed by atoms with Crippen LogP contribution in [0.1, 0.15) is 111 Å². The number of pyridine rings is 1. The van der Waals surface area contributed by atoms with Crippen molar-refractivity contribution in [3.05, 3.63) is 190 Å². The molecule has 55 heavy (non-hydrogen) atoms. The van der Waals surface area contributed by atoms with E-state index in [1.807, 2.05) is 30.3 Å². The maximum atomic E-state index is 10.2. The third-order valence-electron chi connectivity index (χ3n) is 10.3. The molecular formula is C52H47IrN2. The zero-order chi connectivity index (χ0) is 54.3. The maximum absolute atomic E-state index is 10.2. The normalized spacial score (nSPS) is 25.7. The molecule has 3 heteroatoms.